The van der Waals surface area contributed by atoms with Crippen molar-refractivity contribution in [3.63, 3.8) is 0 Å². The van der Waals surface area contributed by atoms with Crippen LogP contribution in [0.4, 0.5) is 0 Å². The topological polar surface area (TPSA) is 169 Å². The van der Waals surface area contributed by atoms with E-state index in [9.17, 15) is 19.2 Å². The molecule has 15 heteroatoms. The van der Waals surface area contributed by atoms with E-state index in [1.165, 1.54) is 25.3 Å². The minimum atomic E-state index is -0.780. The number of aliphatic carboxylic acids is 1. The molecule has 4 aromatic rings. The van der Waals surface area contributed by atoms with E-state index in [1.54, 1.807) is 24.3 Å². The first-order valence-corrected chi connectivity index (χ1v) is 19.3. The Morgan fingerprint density at radius 1 is 0.729 bits per heavy atom. The molecule has 0 aromatic heterocycles. The van der Waals surface area contributed by atoms with E-state index in [0.717, 1.165) is 22.3 Å². The predicted octanol–water partition coefficient (Wildman–Crippen LogP) is 3.43. The summed E-state index contributed by atoms with van der Waals surface area (Å²) < 4.78 is 9.41. The van der Waals surface area contributed by atoms with Crippen molar-refractivity contribution in [1.29, 1.82) is 0 Å². The fourth-order valence-corrected chi connectivity index (χ4v) is 7.32. The van der Waals surface area contributed by atoms with Crippen LogP contribution in [-0.4, -0.2) is 67.3 Å². The molecule has 2 heterocycles. The largest absolute Gasteiger partial charge is 1.00 e. The van der Waals surface area contributed by atoms with Crippen LogP contribution in [0.15, 0.2) is 97.1 Å². The Morgan fingerprint density at radius 3 is 1.58 bits per heavy atom. The SMILES string of the molecule is CC1(C)NC(C(=O)O)Cc2ccccc21.COC(=O)[C@@H](Cc1ccc(Cl)cc1)NC(=O)C1Cc2ccccc2C(C)(C)N1.COC(=O)[C@H](N)Cc1ccc(Cl)cc1.Cl.[H-].[Li+]. The molecule has 2 unspecified atom stereocenters. The van der Waals surface area contributed by atoms with Gasteiger partial charge >= 0.3 is 36.8 Å². The number of nitrogens with two attached hydrogens (primary N) is 1. The Balaban J connectivity index is 0.000000479. The number of halogens is 3. The van der Waals surface area contributed by atoms with Crippen LogP contribution < -0.4 is 40.5 Å². The van der Waals surface area contributed by atoms with E-state index in [0.29, 0.717) is 35.7 Å². The Morgan fingerprint density at radius 2 is 1.14 bits per heavy atom. The van der Waals surface area contributed by atoms with Gasteiger partial charge in [-0.05, 0) is 105 Å². The molecular formula is C44H54Cl3LiN4O7. The summed E-state index contributed by atoms with van der Waals surface area (Å²) in [6.45, 7) is 8.13. The normalized spacial score (nSPS) is 17.6. The van der Waals surface area contributed by atoms with Gasteiger partial charge in [0.25, 0.3) is 0 Å². The summed E-state index contributed by atoms with van der Waals surface area (Å²) in [7, 11) is 2.64. The summed E-state index contributed by atoms with van der Waals surface area (Å²) in [5, 5.41) is 19.7. The van der Waals surface area contributed by atoms with Crippen LogP contribution in [0.1, 0.15) is 62.5 Å². The molecule has 314 valence electrons. The molecule has 4 atom stereocenters. The summed E-state index contributed by atoms with van der Waals surface area (Å²) in [6.07, 6.45) is 1.93. The van der Waals surface area contributed by atoms with Gasteiger partial charge in [-0.3, -0.25) is 25.0 Å². The van der Waals surface area contributed by atoms with E-state index in [2.05, 4.69) is 46.7 Å². The van der Waals surface area contributed by atoms with Gasteiger partial charge in [0, 0.05) is 27.5 Å². The number of amides is 1. The van der Waals surface area contributed by atoms with Gasteiger partial charge in [0.05, 0.1) is 20.3 Å². The number of carboxylic acid groups (broad SMARTS) is 1. The Kier molecular flexibility index (Phi) is 20.2. The fourth-order valence-electron chi connectivity index (χ4n) is 7.07. The molecule has 0 saturated carbocycles. The number of hydrogen-bond acceptors (Lipinski definition) is 9. The molecule has 59 heavy (non-hydrogen) atoms. The quantitative estimate of drug-likeness (QED) is 0.124. The van der Waals surface area contributed by atoms with Crippen molar-refractivity contribution in [2.24, 2.45) is 5.73 Å². The summed E-state index contributed by atoms with van der Waals surface area (Å²) in [5.41, 5.74) is 11.5. The van der Waals surface area contributed by atoms with Crippen LogP contribution >= 0.6 is 35.6 Å². The van der Waals surface area contributed by atoms with E-state index < -0.39 is 42.1 Å². The average Bonchev–Trinajstić information content (AvgIpc) is 3.18. The number of carboxylic acids is 1. The van der Waals surface area contributed by atoms with Crippen molar-refractivity contribution in [2.45, 2.75) is 88.6 Å². The molecule has 0 aliphatic carbocycles. The van der Waals surface area contributed by atoms with Gasteiger partial charge in [0.1, 0.15) is 18.1 Å². The molecule has 1 amide bonds. The Bertz CT molecular complexity index is 2020. The third-order valence-corrected chi connectivity index (χ3v) is 10.4. The number of fused-ring (bicyclic) bond motifs is 2. The van der Waals surface area contributed by atoms with Crippen molar-refractivity contribution in [3.05, 3.63) is 140 Å². The fraction of sp³-hybridized carbons (Fsp3) is 0.364. The number of methoxy groups -OCH3 is 2. The number of carbonyl (C=O) groups excluding carboxylic acids is 3. The number of carbonyl (C=O) groups is 4. The van der Waals surface area contributed by atoms with Crippen LogP contribution in [0.25, 0.3) is 0 Å². The molecular weight excluding hydrogens is 810 g/mol. The first kappa shape index (κ1) is 51.2. The van der Waals surface area contributed by atoms with Gasteiger partial charge in [-0.2, -0.15) is 0 Å². The zero-order valence-electron chi connectivity index (χ0n) is 35.5. The molecule has 4 aromatic carbocycles. The standard InChI is InChI=1S/C22H25ClN2O3.C12H15NO2.C10H12ClNO2.ClH.Li.H/c1-22(2)17-7-5-4-6-15(17)13-18(25-22)20(26)24-19(21(27)28-3)12-14-8-10-16(23)11-9-14;1-12(2)9-6-4-3-5-8(9)7-10(13-12)11(14)15;1-14-10(13)9(12)6-7-2-4-8(11)5-3-7;;;/h4-11,18-19,25H,12-13H2,1-3H3,(H,24,26);3-6,10,13H,7H2,1-2H3,(H,14,15);2-5,9H,6,12H2,1H3;1H;;/q;;;;+1;-1/t18?,19-;;9-;;;/m1.1.../s1. The third-order valence-electron chi connectivity index (χ3n) is 9.94. The predicted molar refractivity (Wildman–Crippen MR) is 230 cm³/mol. The van der Waals surface area contributed by atoms with Crippen molar-refractivity contribution >= 4 is 59.4 Å². The minimum Gasteiger partial charge on any atom is -1.00 e. The van der Waals surface area contributed by atoms with Crippen molar-refractivity contribution < 1.29 is 54.0 Å². The second-order valence-corrected chi connectivity index (χ2v) is 16.0. The van der Waals surface area contributed by atoms with Crippen LogP contribution in [0.5, 0.6) is 0 Å². The van der Waals surface area contributed by atoms with Crippen molar-refractivity contribution in [2.75, 3.05) is 14.2 Å². The van der Waals surface area contributed by atoms with Crippen LogP contribution in [0.2, 0.25) is 10.0 Å². The van der Waals surface area contributed by atoms with Crippen LogP contribution in [0, 0.1) is 0 Å². The van der Waals surface area contributed by atoms with E-state index in [-0.39, 0.29) is 49.7 Å². The van der Waals surface area contributed by atoms with Gasteiger partial charge in [0.2, 0.25) is 5.91 Å². The maximum atomic E-state index is 13.0. The third kappa shape index (κ3) is 14.7. The van der Waals surface area contributed by atoms with Crippen LogP contribution in [0.3, 0.4) is 0 Å². The van der Waals surface area contributed by atoms with Gasteiger partial charge in [-0.1, -0.05) is 96.0 Å². The maximum Gasteiger partial charge on any atom is 1.00 e. The second kappa shape index (κ2) is 23.2. The molecule has 0 spiro atoms. The summed E-state index contributed by atoms with van der Waals surface area (Å²) in [4.78, 5) is 47.2. The van der Waals surface area contributed by atoms with E-state index in [4.69, 9.17) is 38.8 Å². The molecule has 6 rings (SSSR count). The number of esters is 2. The number of nitrogens with one attached hydrogen (secondary N) is 3. The number of hydrogen-bond donors (Lipinski definition) is 5. The van der Waals surface area contributed by atoms with Crippen LogP contribution in [-0.2, 0) is 65.4 Å². The zero-order chi connectivity index (χ0) is 41.9. The van der Waals surface area contributed by atoms with Gasteiger partial charge in [-0.25, -0.2) is 4.79 Å². The molecule has 2 aliphatic heterocycles. The van der Waals surface area contributed by atoms with Crippen molar-refractivity contribution in [1.82, 2.24) is 16.0 Å². The molecule has 11 nitrogen and oxygen atoms in total. The van der Waals surface area contributed by atoms with Gasteiger partial charge in [-0.15, -0.1) is 12.4 Å². The second-order valence-electron chi connectivity index (χ2n) is 15.1. The first-order chi connectivity index (χ1) is 26.9. The number of ether oxygens (including phenoxy) is 2. The van der Waals surface area contributed by atoms with E-state index >= 15 is 0 Å². The van der Waals surface area contributed by atoms with E-state index in [1.807, 2.05) is 74.5 Å². The van der Waals surface area contributed by atoms with Gasteiger partial charge in [0.15, 0.2) is 0 Å². The Labute approximate surface area is 376 Å². The first-order valence-electron chi connectivity index (χ1n) is 18.6. The average molecular weight is 864 g/mol. The summed E-state index contributed by atoms with van der Waals surface area (Å²) >= 11 is 11.6. The molecule has 0 fully saturated rings. The number of rotatable bonds is 9. The number of benzene rings is 4. The molecule has 6 N–H and O–H groups in total. The zero-order valence-corrected chi connectivity index (χ0v) is 36.8. The molecule has 0 saturated heterocycles. The smallest absolute Gasteiger partial charge is 1.00 e. The molecule has 2 aliphatic rings. The Hall–Kier alpha value is -3.89. The summed E-state index contributed by atoms with van der Waals surface area (Å²) in [5.74, 6) is -1.87. The maximum absolute atomic E-state index is 13.0. The minimum absolute atomic E-state index is 0. The van der Waals surface area contributed by atoms with Gasteiger partial charge < -0.3 is 27.1 Å². The summed E-state index contributed by atoms with van der Waals surface area (Å²) in [6, 6.07) is 28.2. The molecule has 0 bridgehead atoms. The van der Waals surface area contributed by atoms with Crippen molar-refractivity contribution in [3.8, 4) is 0 Å². The monoisotopic (exact) mass is 862 g/mol. The molecule has 0 radical (unpaired) electrons.